The molecule has 0 saturated carbocycles. The van der Waals surface area contributed by atoms with E-state index in [-0.39, 0.29) is 70.2 Å². The van der Waals surface area contributed by atoms with E-state index in [1.165, 1.54) is 38.0 Å². The van der Waals surface area contributed by atoms with E-state index in [0.29, 0.717) is 33.5 Å². The third kappa shape index (κ3) is 26.1. The first-order valence-corrected chi connectivity index (χ1v) is 37.7. The second-order valence-electron chi connectivity index (χ2n) is 29.2. The molecule has 0 spiro atoms. The molecule has 0 aliphatic rings. The molecule has 2 N–H and O–H groups in total. The van der Waals surface area contributed by atoms with E-state index in [1.54, 1.807) is 143 Å². The van der Waals surface area contributed by atoms with Crippen LogP contribution in [0.3, 0.4) is 0 Å². The summed E-state index contributed by atoms with van der Waals surface area (Å²) in [4.78, 5) is 118. The fourth-order valence-electron chi connectivity index (χ4n) is 7.77. The average molecular weight is 1530 g/mol. The predicted octanol–water partition coefficient (Wildman–Crippen LogP) is 8.93. The van der Waals surface area contributed by atoms with Crippen LogP contribution in [0.25, 0.3) is 33.5 Å². The van der Waals surface area contributed by atoms with Crippen molar-refractivity contribution in [2.45, 2.75) is 144 Å². The SMILES string of the molecule is CC(C)(C)C(=O)OCOP(=O)(COCCn1cnc2c(NCN(CNc3ncnc4c3ncn4CCOCP(=O)(OCOC(=O)C(C)(C)C)OCOC(=O)C(C)(C)C)c3ncnc4c3ncn4CCOCP(=O)(OCOC(=O)C(C)(C)C)OCOC(=O)C(C)(C)C)ncnc21)OCOC(=O)C(C)(C)C. The maximum atomic E-state index is 13.9. The topological polar surface area (TPSA) is 450 Å². The highest BCUT2D eigenvalue weighted by Crippen LogP contribution is 2.50. The van der Waals surface area contributed by atoms with Gasteiger partial charge in [-0.15, -0.1) is 0 Å². The molecular weight excluding hydrogens is 1430 g/mol. The molecule has 0 amide bonds. The summed E-state index contributed by atoms with van der Waals surface area (Å²) in [7, 11) is -12.7. The monoisotopic (exact) mass is 1530 g/mol. The first-order valence-electron chi connectivity index (χ1n) is 32.5. The number of esters is 6. The van der Waals surface area contributed by atoms with Gasteiger partial charge in [0, 0.05) is 19.6 Å². The van der Waals surface area contributed by atoms with Crippen molar-refractivity contribution in [2.75, 3.05) is 108 Å². The molecule has 6 aromatic rings. The Morgan fingerprint density at radius 1 is 0.356 bits per heavy atom. The molecule has 39 nitrogen and oxygen atoms in total. The van der Waals surface area contributed by atoms with E-state index >= 15 is 0 Å². The number of nitrogens with zero attached hydrogens (tertiary/aromatic N) is 13. The first kappa shape index (κ1) is 85.1. The molecule has 0 aliphatic carbocycles. The molecule has 42 heteroatoms. The predicted molar refractivity (Wildman–Crippen MR) is 370 cm³/mol. The molecule has 104 heavy (non-hydrogen) atoms. The highest BCUT2D eigenvalue weighted by molar-refractivity contribution is 7.54. The van der Waals surface area contributed by atoms with Crippen LogP contribution < -0.4 is 15.5 Å². The Balaban J connectivity index is 1.21. The lowest BCUT2D eigenvalue weighted by Gasteiger charge is -2.25. The van der Waals surface area contributed by atoms with E-state index in [2.05, 4.69) is 50.5 Å². The number of hydrogen-bond donors (Lipinski definition) is 2. The molecule has 0 fully saturated rings. The van der Waals surface area contributed by atoms with E-state index in [9.17, 15) is 42.5 Å². The molecule has 0 unspecified atom stereocenters. The van der Waals surface area contributed by atoms with Crippen LogP contribution in [-0.2, 0) is 132 Å². The Kier molecular flexibility index (Phi) is 29.9. The minimum absolute atomic E-state index is 0.0661. The minimum atomic E-state index is -4.24. The van der Waals surface area contributed by atoms with Crippen LogP contribution in [0.15, 0.2) is 38.0 Å². The normalized spacial score (nSPS) is 12.9. The zero-order valence-electron chi connectivity index (χ0n) is 61.9. The number of carbonyl (C=O) groups excluding carboxylic acids is 6. The van der Waals surface area contributed by atoms with Crippen molar-refractivity contribution < 1.29 is 112 Å². The third-order valence-electron chi connectivity index (χ3n) is 13.8. The number of ether oxygens (including phenoxy) is 9. The van der Waals surface area contributed by atoms with Crippen LogP contribution in [0.2, 0.25) is 0 Å². The lowest BCUT2D eigenvalue weighted by atomic mass is 9.98. The number of fused-ring (bicyclic) bond motifs is 3. The smallest absolute Gasteiger partial charge is 0.361 e. The summed E-state index contributed by atoms with van der Waals surface area (Å²) < 4.78 is 127. The largest absolute Gasteiger partial charge is 0.438 e. The zero-order valence-corrected chi connectivity index (χ0v) is 64.6. The van der Waals surface area contributed by atoms with Gasteiger partial charge in [0.15, 0.2) is 39.9 Å². The molecule has 0 saturated heterocycles. The van der Waals surface area contributed by atoms with Gasteiger partial charge in [0.2, 0.25) is 40.8 Å². The van der Waals surface area contributed by atoms with Gasteiger partial charge < -0.3 is 71.9 Å². The Bertz CT molecular complexity index is 3770. The van der Waals surface area contributed by atoms with Gasteiger partial charge in [0.1, 0.15) is 49.1 Å². The van der Waals surface area contributed by atoms with Crippen LogP contribution in [0, 0.1) is 32.5 Å². The van der Waals surface area contributed by atoms with Crippen molar-refractivity contribution in [1.82, 2.24) is 58.6 Å². The molecule has 0 atom stereocenters. The van der Waals surface area contributed by atoms with Crippen molar-refractivity contribution in [3.05, 3.63) is 38.0 Å². The third-order valence-corrected chi connectivity index (χ3v) is 18.3. The summed E-state index contributed by atoms with van der Waals surface area (Å²) in [6, 6.07) is 0. The lowest BCUT2D eigenvalue weighted by molar-refractivity contribution is -0.164. The van der Waals surface area contributed by atoms with Crippen LogP contribution in [0.4, 0.5) is 17.5 Å². The standard InChI is InChI=1S/C62H96N15O24P3/c1-57(2,3)51(78)90-33-96-102(84,97-34-91-52(79)58(4,5)6)39-87-22-19-74-28-69-42-45(63-25-65-47(42)74)72-31-77(50-44-49(67-27-68-50)76(30-71-44)21-24-89-41-104(86,100-37-94-55(82)61(13,14)15)101-38-95-56(83)62(16,17)18)32-73-46-43-48(66-26-64-46)75(29-70-43)20-23-88-40-103(85,98-35-92-53(80)59(7,8)9)99-36-93-54(81)60(10,11)12/h25-30H,19-24,31-41H2,1-18H3,(H,63,65,72)(H,64,66,73). The molecule has 0 radical (unpaired) electrons. The quantitative estimate of drug-likeness (QED) is 0.0119. The fraction of sp³-hybridized carbons (Fsp3) is 0.661. The minimum Gasteiger partial charge on any atom is -0.438 e. The van der Waals surface area contributed by atoms with Crippen LogP contribution >= 0.6 is 22.8 Å². The van der Waals surface area contributed by atoms with Crippen molar-refractivity contribution in [2.24, 2.45) is 32.5 Å². The average Bonchev–Trinajstić information content (AvgIpc) is 1.63. The highest BCUT2D eigenvalue weighted by atomic mass is 31.2. The van der Waals surface area contributed by atoms with Crippen LogP contribution in [0.1, 0.15) is 125 Å². The van der Waals surface area contributed by atoms with Gasteiger partial charge in [-0.25, -0.2) is 44.9 Å². The van der Waals surface area contributed by atoms with Crippen LogP contribution in [0.5, 0.6) is 0 Å². The van der Waals surface area contributed by atoms with E-state index < -0.39 is 151 Å². The fourth-order valence-corrected chi connectivity index (χ4v) is 10.8. The molecule has 6 aromatic heterocycles. The van der Waals surface area contributed by atoms with Gasteiger partial charge in [-0.05, 0) is 125 Å². The van der Waals surface area contributed by atoms with E-state index in [0.717, 1.165) is 0 Å². The van der Waals surface area contributed by atoms with E-state index in [1.807, 2.05) is 0 Å². The number of imidazole rings is 3. The van der Waals surface area contributed by atoms with Gasteiger partial charge in [-0.1, -0.05) is 0 Å². The van der Waals surface area contributed by atoms with Crippen molar-refractivity contribution in [3.63, 3.8) is 0 Å². The Morgan fingerprint density at radius 3 is 0.856 bits per heavy atom. The van der Waals surface area contributed by atoms with Gasteiger partial charge in [0.25, 0.3) is 0 Å². The van der Waals surface area contributed by atoms with Crippen molar-refractivity contribution in [1.29, 1.82) is 0 Å². The van der Waals surface area contributed by atoms with E-state index in [4.69, 9.17) is 74.8 Å². The van der Waals surface area contributed by atoms with Crippen LogP contribution in [-0.4, -0.2) is 187 Å². The number of nitrogens with one attached hydrogen (secondary N) is 2. The van der Waals surface area contributed by atoms with Gasteiger partial charge in [-0.2, -0.15) is 0 Å². The Hall–Kier alpha value is -7.80. The van der Waals surface area contributed by atoms with Crippen molar-refractivity contribution in [3.8, 4) is 0 Å². The molecule has 0 aliphatic heterocycles. The van der Waals surface area contributed by atoms with Gasteiger partial charge in [-0.3, -0.25) is 69.6 Å². The number of carbonyl (C=O) groups is 6. The lowest BCUT2D eigenvalue weighted by Crippen LogP contribution is -2.35. The summed E-state index contributed by atoms with van der Waals surface area (Å²) in [5.74, 6) is -2.96. The molecule has 6 heterocycles. The summed E-state index contributed by atoms with van der Waals surface area (Å²) in [6.07, 6.45) is 6.53. The number of hydrogen-bond acceptors (Lipinski definition) is 36. The molecule has 0 bridgehead atoms. The number of aromatic nitrogens is 12. The molecule has 0 aromatic carbocycles. The summed E-state index contributed by atoms with van der Waals surface area (Å²) in [5.41, 5.74) is -3.35. The first-order chi connectivity index (χ1) is 48.4. The molecular formula is C62H96N15O24P3. The van der Waals surface area contributed by atoms with Gasteiger partial charge >= 0.3 is 58.6 Å². The maximum absolute atomic E-state index is 13.9. The zero-order chi connectivity index (χ0) is 77.1. The molecule has 578 valence electrons. The molecule has 6 rings (SSSR count). The summed E-state index contributed by atoms with van der Waals surface area (Å²) in [5, 5.41) is 6.64. The summed E-state index contributed by atoms with van der Waals surface area (Å²) in [6.45, 7) is 24.8. The summed E-state index contributed by atoms with van der Waals surface area (Å²) >= 11 is 0. The van der Waals surface area contributed by atoms with Gasteiger partial charge in [0.05, 0.1) is 84.6 Å². The Morgan fingerprint density at radius 2 is 0.596 bits per heavy atom. The number of anilines is 3. The van der Waals surface area contributed by atoms with Crippen molar-refractivity contribution >= 4 is 110 Å². The second-order valence-corrected chi connectivity index (χ2v) is 35.2. The maximum Gasteiger partial charge on any atom is 0.361 e. The Labute approximate surface area is 601 Å². The second kappa shape index (κ2) is 36.5. The number of rotatable bonds is 40. The highest BCUT2D eigenvalue weighted by Gasteiger charge is 2.35.